The molecule has 1 aliphatic heterocycles. The SMILES string of the molecule is O=C(COC(=O)[C@@H]1CC(=O)N(c2ccc(Cl)cc2)C1)NNC(=O)c1ccccc1Cl. The number of hydrogen-bond acceptors (Lipinski definition) is 5. The smallest absolute Gasteiger partial charge is 0.311 e. The van der Waals surface area contributed by atoms with Gasteiger partial charge in [0.2, 0.25) is 5.91 Å². The van der Waals surface area contributed by atoms with Gasteiger partial charge < -0.3 is 9.64 Å². The van der Waals surface area contributed by atoms with Crippen LogP contribution in [-0.2, 0) is 19.1 Å². The number of nitrogens with zero attached hydrogens (tertiary/aromatic N) is 1. The number of hydrazine groups is 1. The lowest BCUT2D eigenvalue weighted by molar-refractivity contribution is -0.152. The highest BCUT2D eigenvalue weighted by atomic mass is 35.5. The van der Waals surface area contributed by atoms with E-state index in [4.69, 9.17) is 27.9 Å². The quantitative estimate of drug-likeness (QED) is 0.538. The number of esters is 1. The van der Waals surface area contributed by atoms with Crippen molar-refractivity contribution in [2.45, 2.75) is 6.42 Å². The minimum atomic E-state index is -0.734. The summed E-state index contributed by atoms with van der Waals surface area (Å²) in [4.78, 5) is 49.7. The molecule has 1 aliphatic rings. The van der Waals surface area contributed by atoms with E-state index in [-0.39, 0.29) is 29.5 Å². The molecule has 1 saturated heterocycles. The van der Waals surface area contributed by atoms with Crippen LogP contribution in [-0.4, -0.2) is 36.8 Å². The van der Waals surface area contributed by atoms with E-state index in [0.29, 0.717) is 10.7 Å². The van der Waals surface area contributed by atoms with E-state index >= 15 is 0 Å². The molecular weight excluding hydrogens is 433 g/mol. The molecule has 0 spiro atoms. The van der Waals surface area contributed by atoms with Crippen LogP contribution in [0, 0.1) is 5.92 Å². The highest BCUT2D eigenvalue weighted by Crippen LogP contribution is 2.26. The standard InChI is InChI=1S/C20H17Cl2N3O5/c21-13-5-7-14(8-6-13)25-10-12(9-18(25)27)20(29)30-11-17(26)23-24-19(28)15-3-1-2-4-16(15)22/h1-8,12H,9-11H2,(H,23,26)(H,24,28)/t12-/m1/s1. The summed E-state index contributed by atoms with van der Waals surface area (Å²) in [5.41, 5.74) is 5.13. The molecule has 1 fully saturated rings. The lowest BCUT2D eigenvalue weighted by Crippen LogP contribution is -2.44. The molecule has 0 aliphatic carbocycles. The number of halogens is 2. The molecule has 0 aromatic heterocycles. The van der Waals surface area contributed by atoms with Crippen molar-refractivity contribution in [3.05, 3.63) is 64.1 Å². The van der Waals surface area contributed by atoms with Gasteiger partial charge in [0.1, 0.15) is 0 Å². The van der Waals surface area contributed by atoms with Gasteiger partial charge in [0, 0.05) is 23.7 Å². The molecule has 0 saturated carbocycles. The van der Waals surface area contributed by atoms with Crippen molar-refractivity contribution in [2.75, 3.05) is 18.1 Å². The van der Waals surface area contributed by atoms with Crippen molar-refractivity contribution < 1.29 is 23.9 Å². The fourth-order valence-electron chi connectivity index (χ4n) is 2.87. The highest BCUT2D eigenvalue weighted by Gasteiger charge is 2.36. The second-order valence-electron chi connectivity index (χ2n) is 6.47. The van der Waals surface area contributed by atoms with Crippen LogP contribution in [0.5, 0.6) is 0 Å². The maximum absolute atomic E-state index is 12.2. The van der Waals surface area contributed by atoms with Gasteiger partial charge in [-0.05, 0) is 36.4 Å². The Hall–Kier alpha value is -3.10. The fraction of sp³-hybridized carbons (Fsp3) is 0.200. The van der Waals surface area contributed by atoms with Gasteiger partial charge >= 0.3 is 5.97 Å². The van der Waals surface area contributed by atoms with Crippen LogP contribution in [0.2, 0.25) is 10.0 Å². The van der Waals surface area contributed by atoms with Gasteiger partial charge in [0.15, 0.2) is 6.61 Å². The zero-order valence-corrected chi connectivity index (χ0v) is 17.1. The van der Waals surface area contributed by atoms with E-state index in [9.17, 15) is 19.2 Å². The number of hydrogen-bond donors (Lipinski definition) is 2. The number of anilines is 1. The number of carbonyl (C=O) groups is 4. The first-order valence-corrected chi connectivity index (χ1v) is 9.67. The lowest BCUT2D eigenvalue weighted by Gasteiger charge is -2.16. The van der Waals surface area contributed by atoms with Gasteiger partial charge in [-0.2, -0.15) is 0 Å². The number of benzene rings is 2. The Bertz CT molecular complexity index is 981. The summed E-state index contributed by atoms with van der Waals surface area (Å²) >= 11 is 11.7. The van der Waals surface area contributed by atoms with Crippen LogP contribution < -0.4 is 15.8 Å². The Kier molecular flexibility index (Phi) is 6.91. The molecule has 3 amide bonds. The molecule has 2 N–H and O–H groups in total. The van der Waals surface area contributed by atoms with Crippen molar-refractivity contribution in [1.29, 1.82) is 0 Å². The van der Waals surface area contributed by atoms with Crippen LogP contribution in [0.4, 0.5) is 5.69 Å². The molecule has 1 atom stereocenters. The molecule has 0 radical (unpaired) electrons. The summed E-state index contributed by atoms with van der Waals surface area (Å²) in [6.45, 7) is -0.461. The molecule has 2 aromatic carbocycles. The zero-order chi connectivity index (χ0) is 21.7. The molecule has 156 valence electrons. The molecule has 3 rings (SSSR count). The molecular formula is C20H17Cl2N3O5. The largest absolute Gasteiger partial charge is 0.455 e. The first-order chi connectivity index (χ1) is 14.3. The molecule has 8 nitrogen and oxygen atoms in total. The third kappa shape index (κ3) is 5.28. The Morgan fingerprint density at radius 3 is 2.43 bits per heavy atom. The number of amides is 3. The lowest BCUT2D eigenvalue weighted by atomic mass is 10.1. The zero-order valence-electron chi connectivity index (χ0n) is 15.6. The van der Waals surface area contributed by atoms with Crippen molar-refractivity contribution >= 4 is 52.6 Å². The van der Waals surface area contributed by atoms with Gasteiger partial charge in [0.05, 0.1) is 16.5 Å². The van der Waals surface area contributed by atoms with E-state index in [1.165, 1.54) is 17.0 Å². The molecule has 10 heteroatoms. The summed E-state index contributed by atoms with van der Waals surface area (Å²) < 4.78 is 4.97. The van der Waals surface area contributed by atoms with E-state index in [1.54, 1.807) is 36.4 Å². The molecule has 0 bridgehead atoms. The summed E-state index contributed by atoms with van der Waals surface area (Å²) in [5, 5.41) is 0.765. The number of ether oxygens (including phenoxy) is 1. The first-order valence-electron chi connectivity index (χ1n) is 8.91. The minimum Gasteiger partial charge on any atom is -0.455 e. The monoisotopic (exact) mass is 449 g/mol. The minimum absolute atomic E-state index is 0.0215. The number of nitrogens with one attached hydrogen (secondary N) is 2. The fourth-order valence-corrected chi connectivity index (χ4v) is 3.21. The summed E-state index contributed by atoms with van der Waals surface area (Å²) in [5.74, 6) is -2.94. The number of rotatable bonds is 5. The third-order valence-electron chi connectivity index (χ3n) is 4.38. The summed E-state index contributed by atoms with van der Waals surface area (Å²) in [7, 11) is 0. The topological polar surface area (TPSA) is 105 Å². The Labute approximate surface area is 182 Å². The molecule has 0 unspecified atom stereocenters. The third-order valence-corrected chi connectivity index (χ3v) is 4.96. The van der Waals surface area contributed by atoms with Gasteiger partial charge in [0.25, 0.3) is 11.8 Å². The predicted molar refractivity (Wildman–Crippen MR) is 110 cm³/mol. The van der Waals surface area contributed by atoms with Crippen molar-refractivity contribution in [1.82, 2.24) is 10.9 Å². The maximum atomic E-state index is 12.2. The second kappa shape index (κ2) is 9.60. The van der Waals surface area contributed by atoms with Crippen LogP contribution in [0.15, 0.2) is 48.5 Å². The van der Waals surface area contributed by atoms with Crippen molar-refractivity contribution in [3.8, 4) is 0 Å². The average molecular weight is 450 g/mol. The normalized spacial score (nSPS) is 15.6. The average Bonchev–Trinajstić information content (AvgIpc) is 3.13. The Morgan fingerprint density at radius 1 is 1.03 bits per heavy atom. The van der Waals surface area contributed by atoms with Crippen LogP contribution in [0.3, 0.4) is 0 Å². The second-order valence-corrected chi connectivity index (χ2v) is 7.32. The van der Waals surface area contributed by atoms with E-state index in [2.05, 4.69) is 10.9 Å². The van der Waals surface area contributed by atoms with Crippen LogP contribution >= 0.6 is 23.2 Å². The van der Waals surface area contributed by atoms with Gasteiger partial charge in [-0.3, -0.25) is 30.0 Å². The van der Waals surface area contributed by atoms with Gasteiger partial charge in [-0.15, -0.1) is 0 Å². The van der Waals surface area contributed by atoms with Gasteiger partial charge in [-0.1, -0.05) is 35.3 Å². The Balaban J connectivity index is 1.45. The summed E-state index contributed by atoms with van der Waals surface area (Å²) in [6.07, 6.45) is -0.0215. The van der Waals surface area contributed by atoms with Crippen molar-refractivity contribution in [2.24, 2.45) is 5.92 Å². The van der Waals surface area contributed by atoms with E-state index in [1.807, 2.05) is 0 Å². The summed E-state index contributed by atoms with van der Waals surface area (Å²) in [6, 6.07) is 13.0. The highest BCUT2D eigenvalue weighted by molar-refractivity contribution is 6.33. The van der Waals surface area contributed by atoms with Crippen molar-refractivity contribution in [3.63, 3.8) is 0 Å². The van der Waals surface area contributed by atoms with E-state index < -0.39 is 30.3 Å². The number of carbonyl (C=O) groups excluding carboxylic acids is 4. The van der Waals surface area contributed by atoms with Crippen LogP contribution in [0.25, 0.3) is 0 Å². The van der Waals surface area contributed by atoms with Gasteiger partial charge in [-0.25, -0.2) is 0 Å². The molecule has 2 aromatic rings. The van der Waals surface area contributed by atoms with E-state index in [0.717, 1.165) is 0 Å². The Morgan fingerprint density at radius 2 is 1.73 bits per heavy atom. The maximum Gasteiger partial charge on any atom is 0.311 e. The first kappa shape index (κ1) is 21.6. The molecule has 1 heterocycles. The predicted octanol–water partition coefficient (Wildman–Crippen LogP) is 2.35. The van der Waals surface area contributed by atoms with Crippen LogP contribution in [0.1, 0.15) is 16.8 Å². The molecule has 30 heavy (non-hydrogen) atoms.